The minimum absolute atomic E-state index is 0.136. The fourth-order valence-corrected chi connectivity index (χ4v) is 3.09. The molecule has 19 heavy (non-hydrogen) atoms. The van der Waals surface area contributed by atoms with E-state index in [-0.39, 0.29) is 5.54 Å². The maximum absolute atomic E-state index is 6.62. The average Bonchev–Trinajstić information content (AvgIpc) is 2.86. The Bertz CT molecular complexity index is 565. The summed E-state index contributed by atoms with van der Waals surface area (Å²) in [5.41, 5.74) is 8.90. The first-order valence-electron chi connectivity index (χ1n) is 7.09. The molecule has 0 amide bonds. The van der Waals surface area contributed by atoms with Crippen molar-refractivity contribution in [1.82, 2.24) is 9.55 Å². The third kappa shape index (κ3) is 2.30. The van der Waals surface area contributed by atoms with Crippen molar-refractivity contribution in [3.63, 3.8) is 0 Å². The monoisotopic (exact) mass is 255 g/mol. The van der Waals surface area contributed by atoms with Gasteiger partial charge in [-0.1, -0.05) is 31.4 Å². The molecule has 0 saturated heterocycles. The molecule has 3 rings (SSSR count). The van der Waals surface area contributed by atoms with Gasteiger partial charge in [0, 0.05) is 23.6 Å². The Morgan fingerprint density at radius 3 is 2.68 bits per heavy atom. The number of nitrogens with zero attached hydrogens (tertiary/aromatic N) is 2. The number of aryl methyl sites for hydroxylation is 1. The summed E-state index contributed by atoms with van der Waals surface area (Å²) in [4.78, 5) is 4.28. The molecule has 100 valence electrons. The van der Waals surface area contributed by atoms with Crippen LogP contribution in [-0.2, 0) is 5.54 Å². The zero-order valence-corrected chi connectivity index (χ0v) is 11.5. The minimum Gasteiger partial charge on any atom is -0.321 e. The van der Waals surface area contributed by atoms with Crippen LogP contribution in [0.5, 0.6) is 0 Å². The van der Waals surface area contributed by atoms with Gasteiger partial charge in [0.15, 0.2) is 0 Å². The highest BCUT2D eigenvalue weighted by Gasteiger charge is 2.29. The number of imidazole rings is 1. The number of nitrogens with two attached hydrogens (primary N) is 1. The fraction of sp³-hybridized carbons (Fsp3) is 0.438. The van der Waals surface area contributed by atoms with Gasteiger partial charge in [0.25, 0.3) is 0 Å². The summed E-state index contributed by atoms with van der Waals surface area (Å²) in [6.07, 6.45) is 9.83. The number of benzene rings is 1. The summed E-state index contributed by atoms with van der Waals surface area (Å²) in [5, 5.41) is 0. The van der Waals surface area contributed by atoms with Crippen molar-refractivity contribution in [1.29, 1.82) is 0 Å². The van der Waals surface area contributed by atoms with Gasteiger partial charge in [-0.3, -0.25) is 0 Å². The third-order valence-corrected chi connectivity index (χ3v) is 4.27. The van der Waals surface area contributed by atoms with Crippen LogP contribution in [0.4, 0.5) is 0 Å². The second kappa shape index (κ2) is 4.82. The molecule has 3 nitrogen and oxygen atoms in total. The molecule has 2 aromatic rings. The minimum atomic E-state index is -0.136. The molecule has 0 atom stereocenters. The molecular weight excluding hydrogens is 234 g/mol. The van der Waals surface area contributed by atoms with Crippen LogP contribution >= 0.6 is 0 Å². The summed E-state index contributed by atoms with van der Waals surface area (Å²) in [5.74, 6) is 1.01. The topological polar surface area (TPSA) is 43.8 Å². The second-order valence-corrected chi connectivity index (χ2v) is 5.61. The van der Waals surface area contributed by atoms with Crippen molar-refractivity contribution >= 4 is 0 Å². The Hall–Kier alpha value is -1.61. The van der Waals surface area contributed by atoms with E-state index >= 15 is 0 Å². The third-order valence-electron chi connectivity index (χ3n) is 4.27. The summed E-state index contributed by atoms with van der Waals surface area (Å²) in [7, 11) is 0. The summed E-state index contributed by atoms with van der Waals surface area (Å²) in [6, 6.07) is 8.61. The first-order chi connectivity index (χ1) is 9.19. The van der Waals surface area contributed by atoms with Crippen LogP contribution in [0.25, 0.3) is 5.69 Å². The van der Waals surface area contributed by atoms with Crippen LogP contribution in [-0.4, -0.2) is 9.55 Å². The lowest BCUT2D eigenvalue weighted by molar-refractivity contribution is 0.302. The molecule has 1 aliphatic carbocycles. The van der Waals surface area contributed by atoms with E-state index in [2.05, 4.69) is 33.8 Å². The molecule has 0 spiro atoms. The first kappa shape index (κ1) is 12.4. The predicted molar refractivity (Wildman–Crippen MR) is 77.3 cm³/mol. The van der Waals surface area contributed by atoms with E-state index in [4.69, 9.17) is 5.73 Å². The largest absolute Gasteiger partial charge is 0.321 e. The SMILES string of the molecule is Cc1nccn1-c1cccc(C2(N)CCCCC2)c1. The van der Waals surface area contributed by atoms with Gasteiger partial charge in [0.05, 0.1) is 0 Å². The van der Waals surface area contributed by atoms with Crippen molar-refractivity contribution in [2.75, 3.05) is 0 Å². The lowest BCUT2D eigenvalue weighted by atomic mass is 9.77. The van der Waals surface area contributed by atoms with Gasteiger partial charge in [0.2, 0.25) is 0 Å². The Balaban J connectivity index is 1.98. The molecule has 1 saturated carbocycles. The Morgan fingerprint density at radius 2 is 2.00 bits per heavy atom. The summed E-state index contributed by atoms with van der Waals surface area (Å²) < 4.78 is 2.11. The molecule has 1 aromatic heterocycles. The van der Waals surface area contributed by atoms with E-state index in [1.807, 2.05) is 19.3 Å². The molecule has 0 radical (unpaired) electrons. The smallest absolute Gasteiger partial charge is 0.110 e. The van der Waals surface area contributed by atoms with Crippen molar-refractivity contribution in [2.45, 2.75) is 44.6 Å². The van der Waals surface area contributed by atoms with Crippen LogP contribution in [0.3, 0.4) is 0 Å². The van der Waals surface area contributed by atoms with Crippen molar-refractivity contribution in [2.24, 2.45) is 5.73 Å². The van der Waals surface area contributed by atoms with Gasteiger partial charge in [-0.2, -0.15) is 0 Å². The van der Waals surface area contributed by atoms with Crippen LogP contribution < -0.4 is 5.73 Å². The molecule has 1 heterocycles. The predicted octanol–water partition coefficient (Wildman–Crippen LogP) is 3.30. The molecular formula is C16H21N3. The van der Waals surface area contributed by atoms with Crippen molar-refractivity contribution < 1.29 is 0 Å². The van der Waals surface area contributed by atoms with Gasteiger partial charge in [-0.15, -0.1) is 0 Å². The van der Waals surface area contributed by atoms with E-state index in [1.54, 1.807) is 0 Å². The lowest BCUT2D eigenvalue weighted by Gasteiger charge is -2.34. The van der Waals surface area contributed by atoms with E-state index in [0.717, 1.165) is 24.4 Å². The molecule has 1 aliphatic rings. The highest BCUT2D eigenvalue weighted by Crippen LogP contribution is 2.35. The summed E-state index contributed by atoms with van der Waals surface area (Å²) in [6.45, 7) is 2.02. The quantitative estimate of drug-likeness (QED) is 0.894. The van der Waals surface area contributed by atoms with Crippen LogP contribution in [0, 0.1) is 6.92 Å². The van der Waals surface area contributed by atoms with Crippen LogP contribution in [0.2, 0.25) is 0 Å². The van der Waals surface area contributed by atoms with E-state index < -0.39 is 0 Å². The second-order valence-electron chi connectivity index (χ2n) is 5.61. The lowest BCUT2D eigenvalue weighted by Crippen LogP contribution is -2.38. The first-order valence-corrected chi connectivity index (χ1v) is 7.09. The molecule has 2 N–H and O–H groups in total. The van der Waals surface area contributed by atoms with Gasteiger partial charge in [0.1, 0.15) is 5.82 Å². The van der Waals surface area contributed by atoms with E-state index in [9.17, 15) is 0 Å². The molecule has 3 heteroatoms. The zero-order valence-electron chi connectivity index (χ0n) is 11.5. The molecule has 1 fully saturated rings. The van der Waals surface area contributed by atoms with Crippen molar-refractivity contribution in [3.8, 4) is 5.69 Å². The van der Waals surface area contributed by atoms with Crippen molar-refractivity contribution in [3.05, 3.63) is 48.0 Å². The Morgan fingerprint density at radius 1 is 1.21 bits per heavy atom. The maximum Gasteiger partial charge on any atom is 0.110 e. The van der Waals surface area contributed by atoms with Crippen LogP contribution in [0.15, 0.2) is 36.7 Å². The molecule has 1 aromatic carbocycles. The Labute approximate surface area is 114 Å². The highest BCUT2D eigenvalue weighted by atomic mass is 15.1. The maximum atomic E-state index is 6.62. The number of aromatic nitrogens is 2. The summed E-state index contributed by atoms with van der Waals surface area (Å²) >= 11 is 0. The zero-order chi connectivity index (χ0) is 13.3. The van der Waals surface area contributed by atoms with Crippen LogP contribution in [0.1, 0.15) is 43.5 Å². The normalized spacial score (nSPS) is 18.4. The number of hydrogen-bond acceptors (Lipinski definition) is 2. The average molecular weight is 255 g/mol. The van der Waals surface area contributed by atoms with Gasteiger partial charge < -0.3 is 10.3 Å². The number of hydrogen-bond donors (Lipinski definition) is 1. The van der Waals surface area contributed by atoms with Gasteiger partial charge in [-0.25, -0.2) is 4.98 Å². The molecule has 0 unspecified atom stereocenters. The number of rotatable bonds is 2. The van der Waals surface area contributed by atoms with Gasteiger partial charge in [-0.05, 0) is 37.5 Å². The molecule has 0 aliphatic heterocycles. The fourth-order valence-electron chi connectivity index (χ4n) is 3.09. The van der Waals surface area contributed by atoms with Gasteiger partial charge >= 0.3 is 0 Å². The standard InChI is InChI=1S/C16H21N3/c1-13-18-10-11-19(13)15-7-5-6-14(12-15)16(17)8-3-2-4-9-16/h5-7,10-12H,2-4,8-9,17H2,1H3. The highest BCUT2D eigenvalue weighted by molar-refractivity contribution is 5.40. The van der Waals surface area contributed by atoms with E-state index in [0.29, 0.717) is 0 Å². The molecule has 0 bridgehead atoms. The van der Waals surface area contributed by atoms with E-state index in [1.165, 1.54) is 24.8 Å². The Kier molecular flexibility index (Phi) is 3.15.